The van der Waals surface area contributed by atoms with Crippen LogP contribution in [0.25, 0.3) is 0 Å². The number of hydrogen-bond acceptors (Lipinski definition) is 3. The largest absolute Gasteiger partial charge is 0.352 e. The standard InChI is InChI=1S/C15H31N3O2/c1-10(2)7-6-8-12(5)18-13(19)9-17-15(20)14(16)11(3)4/h10-12,14H,6-9,16H2,1-5H3,(H,17,20)(H,18,19)/t12?,14-/m0/s1. The minimum Gasteiger partial charge on any atom is -0.352 e. The van der Waals surface area contributed by atoms with Gasteiger partial charge in [0, 0.05) is 6.04 Å². The quantitative estimate of drug-likeness (QED) is 0.599. The van der Waals surface area contributed by atoms with Gasteiger partial charge in [-0.2, -0.15) is 0 Å². The first kappa shape index (κ1) is 18.9. The Labute approximate surface area is 123 Å². The smallest absolute Gasteiger partial charge is 0.239 e. The Morgan fingerprint density at radius 1 is 1.05 bits per heavy atom. The normalized spacial score (nSPS) is 14.2. The van der Waals surface area contributed by atoms with Crippen molar-refractivity contribution in [3.05, 3.63) is 0 Å². The highest BCUT2D eigenvalue weighted by Gasteiger charge is 2.17. The van der Waals surface area contributed by atoms with E-state index in [9.17, 15) is 9.59 Å². The van der Waals surface area contributed by atoms with E-state index in [4.69, 9.17) is 5.73 Å². The molecular weight excluding hydrogens is 254 g/mol. The number of hydrogen-bond donors (Lipinski definition) is 3. The number of amides is 2. The Balaban J connectivity index is 3.85. The predicted molar refractivity (Wildman–Crippen MR) is 82.1 cm³/mol. The van der Waals surface area contributed by atoms with Crippen LogP contribution in [0.5, 0.6) is 0 Å². The predicted octanol–water partition coefficient (Wildman–Crippen LogP) is 1.42. The van der Waals surface area contributed by atoms with Crippen LogP contribution < -0.4 is 16.4 Å². The third-order valence-corrected chi connectivity index (χ3v) is 3.27. The first-order valence-corrected chi connectivity index (χ1v) is 7.56. The average molecular weight is 285 g/mol. The molecule has 0 bridgehead atoms. The third-order valence-electron chi connectivity index (χ3n) is 3.27. The summed E-state index contributed by atoms with van der Waals surface area (Å²) in [5.74, 6) is 0.316. The molecule has 0 spiro atoms. The molecule has 0 radical (unpaired) electrons. The van der Waals surface area contributed by atoms with Gasteiger partial charge in [-0.15, -0.1) is 0 Å². The third kappa shape index (κ3) is 8.91. The van der Waals surface area contributed by atoms with E-state index in [2.05, 4.69) is 24.5 Å². The summed E-state index contributed by atoms with van der Waals surface area (Å²) in [5.41, 5.74) is 5.70. The van der Waals surface area contributed by atoms with Gasteiger partial charge in [0.25, 0.3) is 0 Å². The summed E-state index contributed by atoms with van der Waals surface area (Å²) >= 11 is 0. The van der Waals surface area contributed by atoms with Crippen molar-refractivity contribution in [1.82, 2.24) is 10.6 Å². The molecule has 0 aromatic carbocycles. The summed E-state index contributed by atoms with van der Waals surface area (Å²) in [5, 5.41) is 5.45. The van der Waals surface area contributed by atoms with E-state index in [1.807, 2.05) is 20.8 Å². The van der Waals surface area contributed by atoms with Gasteiger partial charge in [-0.3, -0.25) is 9.59 Å². The summed E-state index contributed by atoms with van der Waals surface area (Å²) in [4.78, 5) is 23.3. The molecule has 0 aliphatic heterocycles. The second kappa shape index (κ2) is 9.75. The van der Waals surface area contributed by atoms with Crippen molar-refractivity contribution in [2.24, 2.45) is 17.6 Å². The fourth-order valence-electron chi connectivity index (χ4n) is 1.82. The number of nitrogens with one attached hydrogen (secondary N) is 2. The number of carbonyl (C=O) groups excluding carboxylic acids is 2. The second-order valence-electron chi connectivity index (χ2n) is 6.28. The summed E-state index contributed by atoms with van der Waals surface area (Å²) < 4.78 is 0. The van der Waals surface area contributed by atoms with E-state index in [1.165, 1.54) is 6.42 Å². The van der Waals surface area contributed by atoms with Crippen LogP contribution in [-0.4, -0.2) is 30.4 Å². The summed E-state index contributed by atoms with van der Waals surface area (Å²) in [6.07, 6.45) is 3.23. The van der Waals surface area contributed by atoms with Gasteiger partial charge in [-0.05, 0) is 25.2 Å². The molecule has 0 saturated heterocycles. The maximum Gasteiger partial charge on any atom is 0.239 e. The number of rotatable bonds is 9. The molecule has 2 atom stereocenters. The molecule has 4 N–H and O–H groups in total. The minimum absolute atomic E-state index is 0.00618. The molecule has 0 fully saturated rings. The maximum absolute atomic E-state index is 11.7. The van der Waals surface area contributed by atoms with Crippen molar-refractivity contribution in [2.75, 3.05) is 6.54 Å². The van der Waals surface area contributed by atoms with Gasteiger partial charge in [-0.25, -0.2) is 0 Å². The molecular formula is C15H31N3O2. The van der Waals surface area contributed by atoms with Crippen LogP contribution in [0.3, 0.4) is 0 Å². The molecule has 2 amide bonds. The lowest BCUT2D eigenvalue weighted by atomic mass is 10.0. The molecule has 20 heavy (non-hydrogen) atoms. The Bertz CT molecular complexity index is 303. The molecule has 0 rings (SSSR count). The fraction of sp³-hybridized carbons (Fsp3) is 0.867. The van der Waals surface area contributed by atoms with Crippen LogP contribution in [0.1, 0.15) is 53.9 Å². The van der Waals surface area contributed by atoms with Crippen LogP contribution >= 0.6 is 0 Å². The Kier molecular flexibility index (Phi) is 9.21. The molecule has 1 unspecified atom stereocenters. The lowest BCUT2D eigenvalue weighted by Gasteiger charge is -2.17. The first-order valence-electron chi connectivity index (χ1n) is 7.56. The highest BCUT2D eigenvalue weighted by molar-refractivity contribution is 5.87. The van der Waals surface area contributed by atoms with Crippen molar-refractivity contribution in [3.8, 4) is 0 Å². The molecule has 0 heterocycles. The van der Waals surface area contributed by atoms with Gasteiger partial charge in [0.15, 0.2) is 0 Å². The second-order valence-corrected chi connectivity index (χ2v) is 6.28. The van der Waals surface area contributed by atoms with Gasteiger partial charge in [0.2, 0.25) is 11.8 Å². The summed E-state index contributed by atoms with van der Waals surface area (Å²) in [7, 11) is 0. The average Bonchev–Trinajstić information content (AvgIpc) is 2.34. The fourth-order valence-corrected chi connectivity index (χ4v) is 1.82. The lowest BCUT2D eigenvalue weighted by molar-refractivity contribution is -0.127. The minimum atomic E-state index is -0.564. The monoisotopic (exact) mass is 285 g/mol. The molecule has 118 valence electrons. The van der Waals surface area contributed by atoms with Crippen LogP contribution in [0, 0.1) is 11.8 Å². The van der Waals surface area contributed by atoms with Gasteiger partial charge in [0.1, 0.15) is 0 Å². The number of carbonyl (C=O) groups is 2. The van der Waals surface area contributed by atoms with Gasteiger partial charge in [-0.1, -0.05) is 40.5 Å². The zero-order valence-corrected chi connectivity index (χ0v) is 13.5. The first-order chi connectivity index (χ1) is 9.23. The molecule has 0 aliphatic carbocycles. The van der Waals surface area contributed by atoms with Crippen LogP contribution in [-0.2, 0) is 9.59 Å². The SMILES string of the molecule is CC(C)CCCC(C)NC(=O)CNC(=O)[C@@H](N)C(C)C. The van der Waals surface area contributed by atoms with E-state index < -0.39 is 6.04 Å². The number of nitrogens with two attached hydrogens (primary N) is 1. The Morgan fingerprint density at radius 2 is 1.65 bits per heavy atom. The van der Waals surface area contributed by atoms with Crippen molar-refractivity contribution in [1.29, 1.82) is 0 Å². The van der Waals surface area contributed by atoms with E-state index in [0.29, 0.717) is 5.92 Å². The van der Waals surface area contributed by atoms with E-state index in [0.717, 1.165) is 12.8 Å². The molecule has 0 aliphatic rings. The molecule has 5 heteroatoms. The molecule has 0 aromatic heterocycles. The summed E-state index contributed by atoms with van der Waals surface area (Å²) in [6, 6.07) is -0.428. The van der Waals surface area contributed by atoms with Gasteiger partial charge in [0.05, 0.1) is 12.6 Å². The highest BCUT2D eigenvalue weighted by atomic mass is 16.2. The Hall–Kier alpha value is -1.10. The van der Waals surface area contributed by atoms with Gasteiger partial charge < -0.3 is 16.4 Å². The zero-order chi connectivity index (χ0) is 15.7. The molecule has 5 nitrogen and oxygen atoms in total. The van der Waals surface area contributed by atoms with Crippen molar-refractivity contribution in [2.45, 2.75) is 66.0 Å². The Morgan fingerprint density at radius 3 is 2.15 bits per heavy atom. The van der Waals surface area contributed by atoms with Crippen molar-refractivity contribution >= 4 is 11.8 Å². The van der Waals surface area contributed by atoms with Crippen LogP contribution in [0.4, 0.5) is 0 Å². The highest BCUT2D eigenvalue weighted by Crippen LogP contribution is 2.08. The zero-order valence-electron chi connectivity index (χ0n) is 13.5. The van der Waals surface area contributed by atoms with Gasteiger partial charge >= 0.3 is 0 Å². The van der Waals surface area contributed by atoms with Crippen LogP contribution in [0.15, 0.2) is 0 Å². The molecule has 0 saturated carbocycles. The van der Waals surface area contributed by atoms with E-state index >= 15 is 0 Å². The maximum atomic E-state index is 11.7. The van der Waals surface area contributed by atoms with Crippen LogP contribution in [0.2, 0.25) is 0 Å². The van der Waals surface area contributed by atoms with E-state index in [-0.39, 0.29) is 30.3 Å². The summed E-state index contributed by atoms with van der Waals surface area (Å²) in [6.45, 7) is 10.1. The lowest BCUT2D eigenvalue weighted by Crippen LogP contribution is -2.48. The van der Waals surface area contributed by atoms with Crippen molar-refractivity contribution < 1.29 is 9.59 Å². The van der Waals surface area contributed by atoms with Crippen molar-refractivity contribution in [3.63, 3.8) is 0 Å². The van der Waals surface area contributed by atoms with E-state index in [1.54, 1.807) is 0 Å². The molecule has 0 aromatic rings. The topological polar surface area (TPSA) is 84.2 Å².